The smallest absolute Gasteiger partial charge is 0.256 e. The van der Waals surface area contributed by atoms with Gasteiger partial charge in [-0.15, -0.1) is 0 Å². The van der Waals surface area contributed by atoms with Gasteiger partial charge in [-0.05, 0) is 48.1 Å². The number of benzene rings is 1. The van der Waals surface area contributed by atoms with Gasteiger partial charge in [0.15, 0.2) is 6.10 Å². The number of methoxy groups -OCH3 is 1. The molecule has 0 spiro atoms. The van der Waals surface area contributed by atoms with E-state index in [2.05, 4.69) is 16.0 Å². The second kappa shape index (κ2) is 8.09. The minimum Gasteiger partial charge on any atom is -0.390 e. The first kappa shape index (κ1) is 21.8. The molecule has 174 valence electrons. The largest absolute Gasteiger partial charge is 0.390 e. The molecule has 1 saturated carbocycles. The van der Waals surface area contributed by atoms with E-state index in [0.717, 1.165) is 34.1 Å². The molecule has 0 bridgehead atoms. The van der Waals surface area contributed by atoms with E-state index in [0.29, 0.717) is 24.4 Å². The van der Waals surface area contributed by atoms with Crippen molar-refractivity contribution >= 4 is 22.8 Å². The van der Waals surface area contributed by atoms with Gasteiger partial charge in [0.1, 0.15) is 23.9 Å². The molecule has 4 N–H and O–H groups in total. The average Bonchev–Trinajstić information content (AvgIpc) is 3.32. The number of carbonyl (C=O) groups is 1. The molecule has 0 radical (unpaired) electrons. The van der Waals surface area contributed by atoms with E-state index in [-0.39, 0.29) is 17.9 Å². The highest BCUT2D eigenvalue weighted by Crippen LogP contribution is 2.45. The molecule has 5 atom stereocenters. The Bertz CT molecular complexity index is 1230. The van der Waals surface area contributed by atoms with Crippen LogP contribution in [0, 0.1) is 6.92 Å². The Morgan fingerprint density at radius 2 is 1.97 bits per heavy atom. The van der Waals surface area contributed by atoms with Crippen LogP contribution in [-0.4, -0.2) is 68.5 Å². The third kappa shape index (κ3) is 3.38. The molecule has 3 heterocycles. The fraction of sp³-hybridized carbons (Fsp3) is 0.458. The highest BCUT2D eigenvalue weighted by molar-refractivity contribution is 5.86. The zero-order valence-corrected chi connectivity index (χ0v) is 19.0. The molecular formula is C24H29N5O4. The number of ether oxygens (including phenoxy) is 1. The monoisotopic (exact) mass is 451 g/mol. The van der Waals surface area contributed by atoms with E-state index in [1.807, 2.05) is 29.8 Å². The number of hydrogen-bond acceptors (Lipinski definition) is 7. The molecular weight excluding hydrogens is 422 g/mol. The Hall–Kier alpha value is -3.01. The van der Waals surface area contributed by atoms with Crippen molar-refractivity contribution in [1.82, 2.24) is 19.4 Å². The zero-order valence-electron chi connectivity index (χ0n) is 19.0. The van der Waals surface area contributed by atoms with Gasteiger partial charge in [0.25, 0.3) is 5.91 Å². The summed E-state index contributed by atoms with van der Waals surface area (Å²) in [4.78, 5) is 22.9. The van der Waals surface area contributed by atoms with E-state index in [9.17, 15) is 15.0 Å². The fourth-order valence-electron chi connectivity index (χ4n) is 5.47. The number of nitrogens with two attached hydrogens (primary N) is 1. The van der Waals surface area contributed by atoms with Crippen molar-refractivity contribution in [3.8, 4) is 0 Å². The molecule has 1 aromatic carbocycles. The van der Waals surface area contributed by atoms with Gasteiger partial charge in [0.05, 0.1) is 17.5 Å². The molecule has 3 aromatic rings. The molecule has 1 unspecified atom stereocenters. The molecule has 5 rings (SSSR count). The van der Waals surface area contributed by atoms with Gasteiger partial charge in [-0.25, -0.2) is 9.97 Å². The summed E-state index contributed by atoms with van der Waals surface area (Å²) in [6.07, 6.45) is 1.87. The first-order chi connectivity index (χ1) is 15.8. The predicted octanol–water partition coefficient (Wildman–Crippen LogP) is 1.47. The van der Waals surface area contributed by atoms with Gasteiger partial charge in [0.2, 0.25) is 0 Å². The van der Waals surface area contributed by atoms with Crippen molar-refractivity contribution in [3.05, 3.63) is 53.0 Å². The third-order valence-electron chi connectivity index (χ3n) is 7.31. The van der Waals surface area contributed by atoms with Gasteiger partial charge >= 0.3 is 0 Å². The molecule has 9 nitrogen and oxygen atoms in total. The molecule has 1 amide bonds. The van der Waals surface area contributed by atoms with Crippen LogP contribution >= 0.6 is 0 Å². The van der Waals surface area contributed by atoms with Crippen molar-refractivity contribution in [3.63, 3.8) is 0 Å². The summed E-state index contributed by atoms with van der Waals surface area (Å²) in [6.45, 7) is 2.64. The number of nitrogens with zero attached hydrogens (tertiary/aromatic N) is 4. The Labute approximate surface area is 191 Å². The summed E-state index contributed by atoms with van der Waals surface area (Å²) in [6, 6.07) is 5.54. The van der Waals surface area contributed by atoms with Crippen LogP contribution in [0.25, 0.3) is 11.0 Å². The summed E-state index contributed by atoms with van der Waals surface area (Å²) in [5.41, 5.74) is 10.5. The van der Waals surface area contributed by atoms with Gasteiger partial charge in [-0.2, -0.15) is 0 Å². The SMILES string of the molecule is COC1C(=O)N(C)CCc2cc(C)c([C@H]3C[C@@H](n4ccc5c(N)ncnc54)[C@H](O)[C@@H]3O)cc21. The molecule has 1 aliphatic carbocycles. The first-order valence-corrected chi connectivity index (χ1v) is 11.2. The number of anilines is 1. The molecule has 9 heteroatoms. The van der Waals surface area contributed by atoms with Gasteiger partial charge in [-0.1, -0.05) is 12.1 Å². The quantitative estimate of drug-likeness (QED) is 0.550. The molecule has 0 saturated heterocycles. The molecule has 2 aromatic heterocycles. The lowest BCUT2D eigenvalue weighted by Crippen LogP contribution is -2.31. The van der Waals surface area contributed by atoms with E-state index < -0.39 is 18.3 Å². The minimum absolute atomic E-state index is 0.0768. The number of aryl methyl sites for hydroxylation is 1. The van der Waals surface area contributed by atoms with E-state index in [1.165, 1.54) is 6.33 Å². The van der Waals surface area contributed by atoms with Crippen LogP contribution in [0.4, 0.5) is 5.82 Å². The van der Waals surface area contributed by atoms with Crippen molar-refractivity contribution in [2.24, 2.45) is 0 Å². The highest BCUT2D eigenvalue weighted by Gasteiger charge is 2.44. The van der Waals surface area contributed by atoms with E-state index in [1.54, 1.807) is 19.1 Å². The van der Waals surface area contributed by atoms with Crippen LogP contribution in [-0.2, 0) is 16.0 Å². The van der Waals surface area contributed by atoms with Crippen LogP contribution in [0.5, 0.6) is 0 Å². The van der Waals surface area contributed by atoms with Crippen LogP contribution in [0.2, 0.25) is 0 Å². The van der Waals surface area contributed by atoms with Crippen molar-refractivity contribution in [2.75, 3.05) is 26.4 Å². The van der Waals surface area contributed by atoms with Crippen LogP contribution in [0.15, 0.2) is 30.7 Å². The topological polar surface area (TPSA) is 127 Å². The lowest BCUT2D eigenvalue weighted by atomic mass is 9.86. The number of likely N-dealkylation sites (N-methyl/N-ethyl adjacent to an activating group) is 1. The lowest BCUT2D eigenvalue weighted by molar-refractivity contribution is -0.140. The van der Waals surface area contributed by atoms with Crippen molar-refractivity contribution in [1.29, 1.82) is 0 Å². The normalized spacial score (nSPS) is 27.7. The molecule has 2 aliphatic rings. The van der Waals surface area contributed by atoms with E-state index >= 15 is 0 Å². The second-order valence-electron chi connectivity index (χ2n) is 9.14. The van der Waals surface area contributed by atoms with Crippen molar-refractivity contribution in [2.45, 2.75) is 50.0 Å². The maximum absolute atomic E-state index is 12.8. The maximum atomic E-state index is 12.8. The number of rotatable bonds is 3. The number of amides is 1. The number of hydrogen-bond donors (Lipinski definition) is 3. The summed E-state index contributed by atoms with van der Waals surface area (Å²) >= 11 is 0. The van der Waals surface area contributed by atoms with Crippen LogP contribution < -0.4 is 5.73 Å². The number of aliphatic hydroxyl groups excluding tert-OH is 2. The molecule has 1 fully saturated rings. The summed E-state index contributed by atoms with van der Waals surface area (Å²) in [7, 11) is 3.33. The average molecular weight is 452 g/mol. The molecule has 1 aliphatic heterocycles. The number of aliphatic hydroxyl groups is 2. The Morgan fingerprint density at radius 1 is 1.18 bits per heavy atom. The van der Waals surface area contributed by atoms with Crippen molar-refractivity contribution < 1.29 is 19.7 Å². The highest BCUT2D eigenvalue weighted by atomic mass is 16.5. The standard InChI is InChI=1S/C24H29N5O4/c1-12-8-13-4-6-28(2)24(32)21(33-3)16(13)9-15(12)17-10-18(20(31)19(17)30)29-7-5-14-22(25)26-11-27-23(14)29/h5,7-9,11,17-21,30-31H,4,6,10H2,1-3H3,(H2,25,26,27)/t17-,18-,19-,20+,21?/m1/s1. The van der Waals surface area contributed by atoms with Gasteiger partial charge < -0.3 is 30.2 Å². The lowest BCUT2D eigenvalue weighted by Gasteiger charge is -2.23. The Morgan fingerprint density at radius 3 is 2.73 bits per heavy atom. The number of fused-ring (bicyclic) bond motifs is 2. The fourth-order valence-corrected chi connectivity index (χ4v) is 5.47. The van der Waals surface area contributed by atoms with Gasteiger partial charge in [-0.3, -0.25) is 4.79 Å². The van der Waals surface area contributed by atoms with Crippen LogP contribution in [0.3, 0.4) is 0 Å². The van der Waals surface area contributed by atoms with Crippen LogP contribution in [0.1, 0.15) is 46.7 Å². The number of aromatic nitrogens is 3. The first-order valence-electron chi connectivity index (χ1n) is 11.2. The summed E-state index contributed by atoms with van der Waals surface area (Å²) in [5.74, 6) is -0.00211. The Balaban J connectivity index is 1.54. The number of nitrogen functional groups attached to an aromatic ring is 1. The predicted molar refractivity (Wildman–Crippen MR) is 123 cm³/mol. The zero-order chi connectivity index (χ0) is 23.4. The number of carbonyl (C=O) groups excluding carboxylic acids is 1. The summed E-state index contributed by atoms with van der Waals surface area (Å²) < 4.78 is 7.46. The van der Waals surface area contributed by atoms with E-state index in [4.69, 9.17) is 10.5 Å². The summed E-state index contributed by atoms with van der Waals surface area (Å²) in [5, 5.41) is 22.8. The van der Waals surface area contributed by atoms with Gasteiger partial charge in [0, 0.05) is 32.8 Å². The molecule has 33 heavy (non-hydrogen) atoms. The third-order valence-corrected chi connectivity index (χ3v) is 7.31. The second-order valence-corrected chi connectivity index (χ2v) is 9.14. The minimum atomic E-state index is -0.981. The maximum Gasteiger partial charge on any atom is 0.256 e. The Kier molecular flexibility index (Phi) is 5.35.